The van der Waals surface area contributed by atoms with Gasteiger partial charge in [0.1, 0.15) is 0 Å². The predicted molar refractivity (Wildman–Crippen MR) is 52.1 cm³/mol. The lowest BCUT2D eigenvalue weighted by molar-refractivity contribution is -0.126. The summed E-state index contributed by atoms with van der Waals surface area (Å²) >= 11 is 0. The number of carbonyl (C=O) groups excluding carboxylic acids is 1. The molecule has 0 aliphatic carbocycles. The Hall–Kier alpha value is -1.01. The molecule has 0 atom stereocenters. The summed E-state index contributed by atoms with van der Waals surface area (Å²) in [4.78, 5) is 14.7. The molecule has 3 nitrogen and oxygen atoms in total. The Balaban J connectivity index is 2.12. The van der Waals surface area contributed by atoms with Crippen LogP contribution in [0.5, 0.6) is 0 Å². The summed E-state index contributed by atoms with van der Waals surface area (Å²) in [6.45, 7) is 5.31. The maximum absolute atomic E-state index is 10.8. The van der Waals surface area contributed by atoms with Crippen LogP contribution in [-0.4, -0.2) is 48.9 Å². The van der Waals surface area contributed by atoms with Crippen LogP contribution in [0.2, 0.25) is 0 Å². The summed E-state index contributed by atoms with van der Waals surface area (Å²) < 4.78 is 0. The van der Waals surface area contributed by atoms with Crippen LogP contribution >= 0.6 is 0 Å². The van der Waals surface area contributed by atoms with E-state index in [4.69, 9.17) is 0 Å². The number of likely N-dealkylation sites (tertiary alicyclic amines) is 1. The maximum atomic E-state index is 10.8. The molecule has 0 aromatic heterocycles. The molecule has 0 aromatic carbocycles. The normalized spacial score (nSPS) is 15.5. The molecule has 0 aromatic rings. The molecule has 0 spiro atoms. The topological polar surface area (TPSA) is 23.6 Å². The fourth-order valence-corrected chi connectivity index (χ4v) is 0.993. The van der Waals surface area contributed by atoms with Crippen LogP contribution in [0.3, 0.4) is 0 Å². The molecule has 1 amide bonds. The number of hydrogen-bond acceptors (Lipinski definition) is 2. The van der Waals surface area contributed by atoms with E-state index < -0.39 is 0 Å². The van der Waals surface area contributed by atoms with E-state index in [1.54, 1.807) is 18.9 Å². The molecule has 1 aliphatic heterocycles. The van der Waals surface area contributed by atoms with Crippen LogP contribution in [0, 0.1) is 11.8 Å². The minimum absolute atomic E-state index is 0.0678. The lowest BCUT2D eigenvalue weighted by atomic mass is 10.2. The molecular weight excluding hydrogens is 164 g/mol. The fourth-order valence-electron chi connectivity index (χ4n) is 0.993. The molecular formula is C10H16N2O. The van der Waals surface area contributed by atoms with Crippen LogP contribution in [0.25, 0.3) is 0 Å². The summed E-state index contributed by atoms with van der Waals surface area (Å²) in [5.41, 5.74) is 0. The van der Waals surface area contributed by atoms with Gasteiger partial charge in [0.05, 0.1) is 13.1 Å². The molecule has 1 heterocycles. The zero-order valence-electron chi connectivity index (χ0n) is 8.34. The standard InChI is InChI=1S/C10H16N2O/c1-10(13)11(2)6-3-4-7-12-8-5-9-12/h5-9H2,1-2H3. The van der Waals surface area contributed by atoms with Crippen molar-refractivity contribution in [2.75, 3.05) is 33.2 Å². The molecule has 0 radical (unpaired) electrons. The molecule has 13 heavy (non-hydrogen) atoms. The summed E-state index contributed by atoms with van der Waals surface area (Å²) in [7, 11) is 1.76. The highest BCUT2D eigenvalue weighted by atomic mass is 16.2. The zero-order valence-corrected chi connectivity index (χ0v) is 8.34. The smallest absolute Gasteiger partial charge is 0.219 e. The molecule has 72 valence electrons. The average molecular weight is 180 g/mol. The first kappa shape index (κ1) is 10.1. The third-order valence-electron chi connectivity index (χ3n) is 2.23. The van der Waals surface area contributed by atoms with Crippen LogP contribution in [-0.2, 0) is 4.79 Å². The van der Waals surface area contributed by atoms with Gasteiger partial charge in [0.2, 0.25) is 5.91 Å². The van der Waals surface area contributed by atoms with Crippen molar-refractivity contribution in [2.24, 2.45) is 0 Å². The largest absolute Gasteiger partial charge is 0.335 e. The van der Waals surface area contributed by atoms with Crippen molar-refractivity contribution in [3.05, 3.63) is 0 Å². The Morgan fingerprint density at radius 3 is 2.62 bits per heavy atom. The first-order valence-electron chi connectivity index (χ1n) is 4.60. The second-order valence-electron chi connectivity index (χ2n) is 3.36. The van der Waals surface area contributed by atoms with Gasteiger partial charge in [-0.3, -0.25) is 9.69 Å². The molecule has 1 saturated heterocycles. The molecule has 1 fully saturated rings. The highest BCUT2D eigenvalue weighted by Crippen LogP contribution is 2.02. The van der Waals surface area contributed by atoms with Crippen LogP contribution in [0.15, 0.2) is 0 Å². The highest BCUT2D eigenvalue weighted by molar-refractivity contribution is 5.73. The Labute approximate surface area is 79.7 Å². The number of amides is 1. The quantitative estimate of drug-likeness (QED) is 0.566. The number of hydrogen-bond donors (Lipinski definition) is 0. The number of nitrogens with zero attached hydrogens (tertiary/aromatic N) is 2. The van der Waals surface area contributed by atoms with E-state index in [0.29, 0.717) is 6.54 Å². The summed E-state index contributed by atoms with van der Waals surface area (Å²) in [6, 6.07) is 0. The lowest BCUT2D eigenvalue weighted by Gasteiger charge is -2.28. The van der Waals surface area contributed by atoms with Crippen molar-refractivity contribution in [1.82, 2.24) is 9.80 Å². The Bertz CT molecular complexity index is 235. The monoisotopic (exact) mass is 180 g/mol. The van der Waals surface area contributed by atoms with E-state index in [9.17, 15) is 4.79 Å². The van der Waals surface area contributed by atoms with Gasteiger partial charge in [-0.15, -0.1) is 0 Å². The van der Waals surface area contributed by atoms with Gasteiger partial charge in [-0.1, -0.05) is 11.8 Å². The molecule has 1 aliphatic rings. The molecule has 1 rings (SSSR count). The Kier molecular flexibility index (Phi) is 3.78. The van der Waals surface area contributed by atoms with Crippen LogP contribution in [0.1, 0.15) is 13.3 Å². The molecule has 0 saturated carbocycles. The molecule has 0 N–H and O–H groups in total. The SMILES string of the molecule is CC(=O)N(C)CC#CCN1CCC1. The number of rotatable bonds is 2. The number of carbonyl (C=O) groups is 1. The first-order valence-corrected chi connectivity index (χ1v) is 4.60. The molecule has 3 heteroatoms. The van der Waals surface area contributed by atoms with Gasteiger partial charge >= 0.3 is 0 Å². The van der Waals surface area contributed by atoms with E-state index in [2.05, 4.69) is 16.7 Å². The van der Waals surface area contributed by atoms with Crippen LogP contribution in [0.4, 0.5) is 0 Å². The summed E-state index contributed by atoms with van der Waals surface area (Å²) in [5.74, 6) is 6.10. The average Bonchev–Trinajstić information content (AvgIpc) is 2.00. The van der Waals surface area contributed by atoms with E-state index in [0.717, 1.165) is 6.54 Å². The van der Waals surface area contributed by atoms with Crippen molar-refractivity contribution in [3.8, 4) is 11.8 Å². The van der Waals surface area contributed by atoms with Gasteiger partial charge in [0, 0.05) is 27.1 Å². The van der Waals surface area contributed by atoms with Gasteiger partial charge in [0.15, 0.2) is 0 Å². The van der Waals surface area contributed by atoms with E-state index >= 15 is 0 Å². The van der Waals surface area contributed by atoms with Gasteiger partial charge in [-0.05, 0) is 6.42 Å². The maximum Gasteiger partial charge on any atom is 0.219 e. The minimum atomic E-state index is 0.0678. The third kappa shape index (κ3) is 3.47. The van der Waals surface area contributed by atoms with Crippen molar-refractivity contribution in [2.45, 2.75) is 13.3 Å². The molecule has 0 bridgehead atoms. The van der Waals surface area contributed by atoms with E-state index in [1.165, 1.54) is 19.5 Å². The zero-order chi connectivity index (χ0) is 9.68. The van der Waals surface area contributed by atoms with E-state index in [1.807, 2.05) is 0 Å². The second kappa shape index (κ2) is 4.88. The van der Waals surface area contributed by atoms with Crippen molar-refractivity contribution in [1.29, 1.82) is 0 Å². The van der Waals surface area contributed by atoms with Gasteiger partial charge in [0.25, 0.3) is 0 Å². The Morgan fingerprint density at radius 2 is 2.15 bits per heavy atom. The summed E-state index contributed by atoms with van der Waals surface area (Å²) in [6.07, 6.45) is 1.30. The van der Waals surface area contributed by atoms with E-state index in [-0.39, 0.29) is 5.91 Å². The lowest BCUT2D eigenvalue weighted by Crippen LogP contribution is -2.37. The van der Waals surface area contributed by atoms with Gasteiger partial charge < -0.3 is 4.90 Å². The second-order valence-corrected chi connectivity index (χ2v) is 3.36. The highest BCUT2D eigenvalue weighted by Gasteiger charge is 2.10. The van der Waals surface area contributed by atoms with Gasteiger partial charge in [-0.25, -0.2) is 0 Å². The van der Waals surface area contributed by atoms with Crippen LogP contribution < -0.4 is 0 Å². The van der Waals surface area contributed by atoms with Crippen molar-refractivity contribution in [3.63, 3.8) is 0 Å². The Morgan fingerprint density at radius 1 is 1.46 bits per heavy atom. The summed E-state index contributed by atoms with van der Waals surface area (Å²) in [5, 5.41) is 0. The van der Waals surface area contributed by atoms with Crippen molar-refractivity contribution < 1.29 is 4.79 Å². The van der Waals surface area contributed by atoms with Gasteiger partial charge in [-0.2, -0.15) is 0 Å². The molecule has 0 unspecified atom stereocenters. The third-order valence-corrected chi connectivity index (χ3v) is 2.23. The fraction of sp³-hybridized carbons (Fsp3) is 0.700. The predicted octanol–water partition coefficient (Wildman–Crippen LogP) is 0.174. The first-order chi connectivity index (χ1) is 6.20. The minimum Gasteiger partial charge on any atom is -0.335 e. The van der Waals surface area contributed by atoms with Crippen molar-refractivity contribution >= 4 is 5.91 Å².